The summed E-state index contributed by atoms with van der Waals surface area (Å²) < 4.78 is 1.53. The van der Waals surface area contributed by atoms with E-state index in [0.717, 1.165) is 43.9 Å². The number of pyridine rings is 1. The van der Waals surface area contributed by atoms with E-state index in [4.69, 9.17) is 5.73 Å². The highest BCUT2D eigenvalue weighted by atomic mass is 16.2. The van der Waals surface area contributed by atoms with Crippen molar-refractivity contribution in [2.75, 3.05) is 26.2 Å². The van der Waals surface area contributed by atoms with Gasteiger partial charge in [-0.05, 0) is 43.8 Å². The second-order valence-corrected chi connectivity index (χ2v) is 7.44. The molecule has 0 saturated carbocycles. The minimum atomic E-state index is -0.567. The number of hydrogen-bond acceptors (Lipinski definition) is 5. The van der Waals surface area contributed by atoms with Crippen LogP contribution >= 0.6 is 0 Å². The van der Waals surface area contributed by atoms with Crippen molar-refractivity contribution in [3.8, 4) is 11.3 Å². The van der Waals surface area contributed by atoms with E-state index in [0.29, 0.717) is 17.3 Å². The van der Waals surface area contributed by atoms with Gasteiger partial charge < -0.3 is 10.6 Å². The molecule has 2 aromatic heterocycles. The summed E-state index contributed by atoms with van der Waals surface area (Å²) in [6.45, 7) is 7.87. The van der Waals surface area contributed by atoms with Crippen LogP contribution in [0.4, 0.5) is 0 Å². The number of nitrogens with two attached hydrogens (primary N) is 1. The maximum absolute atomic E-state index is 13.0. The van der Waals surface area contributed by atoms with Crippen molar-refractivity contribution in [2.45, 2.75) is 26.3 Å². The molecule has 1 saturated heterocycles. The zero-order valence-electron chi connectivity index (χ0n) is 17.2. The number of likely N-dealkylation sites (N-methyl/N-ethyl adjacent to an activating group) is 1. The maximum Gasteiger partial charge on any atom is 0.253 e. The van der Waals surface area contributed by atoms with Gasteiger partial charge in [0.25, 0.3) is 11.8 Å². The van der Waals surface area contributed by atoms with E-state index in [1.807, 2.05) is 29.2 Å². The zero-order valence-corrected chi connectivity index (χ0v) is 17.2. The van der Waals surface area contributed by atoms with Crippen LogP contribution in [-0.4, -0.2) is 68.4 Å². The fraction of sp³-hybridized carbons (Fsp3) is 0.364. The van der Waals surface area contributed by atoms with Gasteiger partial charge in [-0.25, -0.2) is 9.50 Å². The summed E-state index contributed by atoms with van der Waals surface area (Å²) in [5.74, 6) is -0.512. The summed E-state index contributed by atoms with van der Waals surface area (Å²) in [4.78, 5) is 32.9. The first kappa shape index (κ1) is 20.0. The van der Waals surface area contributed by atoms with E-state index in [2.05, 4.69) is 35.2 Å². The Morgan fingerprint density at radius 2 is 1.90 bits per heavy atom. The van der Waals surface area contributed by atoms with Gasteiger partial charge in [-0.1, -0.05) is 26.0 Å². The number of aromatic nitrogens is 3. The fourth-order valence-corrected chi connectivity index (χ4v) is 4.20. The molecule has 155 valence electrons. The smallest absolute Gasteiger partial charge is 0.253 e. The van der Waals surface area contributed by atoms with Crippen molar-refractivity contribution in [3.05, 3.63) is 53.9 Å². The number of fused-ring (bicyclic) bond motifs is 1. The summed E-state index contributed by atoms with van der Waals surface area (Å²) in [6.07, 6.45) is 3.54. The van der Waals surface area contributed by atoms with E-state index in [1.165, 1.54) is 4.52 Å². The number of carbonyl (C=O) groups excluding carboxylic acids is 2. The molecule has 1 unspecified atom stereocenters. The lowest BCUT2D eigenvalue weighted by Gasteiger charge is -2.26. The van der Waals surface area contributed by atoms with Crippen LogP contribution in [0.3, 0.4) is 0 Å². The topological polar surface area (TPSA) is 96.8 Å². The lowest BCUT2D eigenvalue weighted by molar-refractivity contribution is 0.0777. The van der Waals surface area contributed by atoms with Crippen LogP contribution in [0.1, 0.15) is 41.0 Å². The summed E-state index contributed by atoms with van der Waals surface area (Å²) in [5, 5.41) is 4.09. The lowest BCUT2D eigenvalue weighted by atomic mass is 10.1. The van der Waals surface area contributed by atoms with Gasteiger partial charge in [-0.3, -0.25) is 14.5 Å². The Morgan fingerprint density at radius 3 is 2.57 bits per heavy atom. The first-order chi connectivity index (χ1) is 14.5. The van der Waals surface area contributed by atoms with Gasteiger partial charge in [0.05, 0.1) is 11.3 Å². The molecule has 0 bridgehead atoms. The number of amides is 2. The van der Waals surface area contributed by atoms with Gasteiger partial charge in [-0.15, -0.1) is 5.10 Å². The average molecular weight is 405 g/mol. The molecule has 1 aliphatic heterocycles. The minimum absolute atomic E-state index is 0.0551. The van der Waals surface area contributed by atoms with Crippen LogP contribution in [0, 0.1) is 6.33 Å². The molecule has 2 N–H and O–H groups in total. The second-order valence-electron chi connectivity index (χ2n) is 7.44. The number of carbonyl (C=O) groups is 2. The van der Waals surface area contributed by atoms with E-state index in [9.17, 15) is 9.59 Å². The minimum Gasteiger partial charge on any atom is -0.365 e. The van der Waals surface area contributed by atoms with Gasteiger partial charge in [-0.2, -0.15) is 0 Å². The molecule has 3 aromatic rings. The monoisotopic (exact) mass is 405 g/mol. The predicted octanol–water partition coefficient (Wildman–Crippen LogP) is 1.85. The average Bonchev–Trinajstić information content (AvgIpc) is 3.44. The Balaban J connectivity index is 1.55. The molecule has 0 spiro atoms. The van der Waals surface area contributed by atoms with Crippen LogP contribution in [0.25, 0.3) is 16.9 Å². The largest absolute Gasteiger partial charge is 0.365 e. The van der Waals surface area contributed by atoms with Crippen molar-refractivity contribution in [1.29, 1.82) is 0 Å². The molecule has 2 amide bonds. The van der Waals surface area contributed by atoms with Crippen LogP contribution in [0.5, 0.6) is 0 Å². The summed E-state index contributed by atoms with van der Waals surface area (Å²) in [5.41, 5.74) is 8.31. The van der Waals surface area contributed by atoms with E-state index in [1.54, 1.807) is 12.1 Å². The molecule has 30 heavy (non-hydrogen) atoms. The summed E-state index contributed by atoms with van der Waals surface area (Å²) in [6, 6.07) is 11.3. The lowest BCUT2D eigenvalue weighted by Crippen LogP contribution is -2.38. The molecule has 1 radical (unpaired) electrons. The van der Waals surface area contributed by atoms with Crippen LogP contribution in [0.2, 0.25) is 0 Å². The van der Waals surface area contributed by atoms with Crippen LogP contribution in [0.15, 0.2) is 36.4 Å². The van der Waals surface area contributed by atoms with Gasteiger partial charge in [0.1, 0.15) is 0 Å². The van der Waals surface area contributed by atoms with Crippen molar-refractivity contribution in [2.24, 2.45) is 5.73 Å². The van der Waals surface area contributed by atoms with E-state index in [-0.39, 0.29) is 11.5 Å². The number of likely N-dealkylation sites (tertiary alicyclic amines) is 1. The van der Waals surface area contributed by atoms with Gasteiger partial charge in [0.15, 0.2) is 5.65 Å². The van der Waals surface area contributed by atoms with E-state index < -0.39 is 5.91 Å². The van der Waals surface area contributed by atoms with Gasteiger partial charge in [0, 0.05) is 30.3 Å². The van der Waals surface area contributed by atoms with Crippen LogP contribution in [-0.2, 0) is 0 Å². The van der Waals surface area contributed by atoms with Crippen molar-refractivity contribution in [3.63, 3.8) is 0 Å². The van der Waals surface area contributed by atoms with Gasteiger partial charge in [0.2, 0.25) is 6.33 Å². The van der Waals surface area contributed by atoms with Crippen molar-refractivity contribution < 1.29 is 9.59 Å². The van der Waals surface area contributed by atoms with Gasteiger partial charge >= 0.3 is 0 Å². The molecule has 1 aliphatic rings. The van der Waals surface area contributed by atoms with Crippen molar-refractivity contribution in [1.82, 2.24) is 24.4 Å². The molecular weight excluding hydrogens is 380 g/mol. The fourth-order valence-electron chi connectivity index (χ4n) is 4.20. The normalized spacial score (nSPS) is 16.5. The summed E-state index contributed by atoms with van der Waals surface area (Å²) in [7, 11) is 0. The Bertz CT molecular complexity index is 1070. The highest BCUT2D eigenvalue weighted by Crippen LogP contribution is 2.24. The molecule has 8 heteroatoms. The Kier molecular flexibility index (Phi) is 5.50. The first-order valence-corrected chi connectivity index (χ1v) is 10.2. The molecule has 8 nitrogen and oxygen atoms in total. The third-order valence-corrected chi connectivity index (χ3v) is 5.85. The number of benzene rings is 1. The maximum atomic E-state index is 13.0. The third-order valence-electron chi connectivity index (χ3n) is 5.85. The third kappa shape index (κ3) is 3.54. The quantitative estimate of drug-likeness (QED) is 0.675. The Labute approximate surface area is 175 Å². The van der Waals surface area contributed by atoms with E-state index >= 15 is 0 Å². The highest BCUT2D eigenvalue weighted by Gasteiger charge is 2.29. The number of nitrogens with zero attached hydrogens (tertiary/aromatic N) is 5. The standard InChI is InChI=1S/C22H25N6O2/c1-3-26(4-2)17-11-12-27(13-17)22(30)16-7-5-15(6-8-16)19-10-9-18(20(23)29)21-24-14-25-28(19)21/h5-10,17H,3-4,11-13H2,1-2H3,(H2,23,29). The second kappa shape index (κ2) is 8.23. The van der Waals surface area contributed by atoms with Crippen molar-refractivity contribution >= 4 is 17.5 Å². The Hall–Kier alpha value is -3.26. The molecule has 1 atom stereocenters. The molecule has 1 aromatic carbocycles. The first-order valence-electron chi connectivity index (χ1n) is 10.2. The molecular formula is C22H25N6O2. The Morgan fingerprint density at radius 1 is 1.17 bits per heavy atom. The number of primary amides is 1. The predicted molar refractivity (Wildman–Crippen MR) is 113 cm³/mol. The molecule has 0 aliphatic carbocycles. The SMILES string of the molecule is CCN(CC)C1CCN(C(=O)c2ccc(-c3ccc(C(N)=O)c4n[c]nn34)cc2)C1. The molecule has 4 rings (SSSR count). The summed E-state index contributed by atoms with van der Waals surface area (Å²) >= 11 is 0. The van der Waals surface area contributed by atoms with Crippen LogP contribution < -0.4 is 5.73 Å². The number of rotatable bonds is 6. The molecule has 3 heterocycles. The highest BCUT2D eigenvalue weighted by molar-refractivity contribution is 5.99. The zero-order chi connectivity index (χ0) is 21.3. The molecule has 1 fully saturated rings. The number of hydrogen-bond donors (Lipinski definition) is 1.